The summed E-state index contributed by atoms with van der Waals surface area (Å²) in [5, 5.41) is 0. The molecule has 0 saturated carbocycles. The molecule has 0 amide bonds. The molecule has 0 aromatic rings. The van der Waals surface area contributed by atoms with E-state index in [9.17, 15) is 4.79 Å². The first kappa shape index (κ1) is 21.5. The molecule has 1 unspecified atom stereocenters. The summed E-state index contributed by atoms with van der Waals surface area (Å²) in [6.45, 7) is 6.70. The lowest BCUT2D eigenvalue weighted by Gasteiger charge is -2.40. The molecule has 0 spiro atoms. The van der Waals surface area contributed by atoms with Crippen LogP contribution < -0.4 is 0 Å². The third-order valence-electron chi connectivity index (χ3n) is 5.72. The summed E-state index contributed by atoms with van der Waals surface area (Å²) < 4.78 is 5.43. The topological polar surface area (TPSA) is 26.3 Å². The van der Waals surface area contributed by atoms with Crippen LogP contribution in [0.3, 0.4) is 0 Å². The Bertz CT molecular complexity index is 313. The SMILES string of the molecule is CCCCCCCCCCCCC[C@@H]1OC(=O)[C@H]1C(CC)CCC. The molecule has 1 heterocycles. The van der Waals surface area contributed by atoms with E-state index in [4.69, 9.17) is 4.74 Å². The molecule has 1 aliphatic heterocycles. The van der Waals surface area contributed by atoms with Gasteiger partial charge in [0.1, 0.15) is 6.10 Å². The summed E-state index contributed by atoms with van der Waals surface area (Å²) in [7, 11) is 0. The van der Waals surface area contributed by atoms with Crippen LogP contribution in [0, 0.1) is 11.8 Å². The van der Waals surface area contributed by atoms with Crippen molar-refractivity contribution in [2.45, 2.75) is 123 Å². The standard InChI is InChI=1S/C22H42O2/c1-4-7-8-9-10-11-12-13-14-15-16-18-20-21(22(23)24-20)19(6-3)17-5-2/h19-21H,4-18H2,1-3H3/t19?,20-,21-/m0/s1. The first-order valence-electron chi connectivity index (χ1n) is 10.9. The summed E-state index contributed by atoms with van der Waals surface area (Å²) in [5.41, 5.74) is 0. The Balaban J connectivity index is 1.98. The smallest absolute Gasteiger partial charge is 0.313 e. The van der Waals surface area contributed by atoms with Crippen molar-refractivity contribution in [3.05, 3.63) is 0 Å². The van der Waals surface area contributed by atoms with E-state index >= 15 is 0 Å². The van der Waals surface area contributed by atoms with Gasteiger partial charge in [0.2, 0.25) is 0 Å². The lowest BCUT2D eigenvalue weighted by molar-refractivity contribution is -0.191. The van der Waals surface area contributed by atoms with Crippen LogP contribution >= 0.6 is 0 Å². The van der Waals surface area contributed by atoms with Gasteiger partial charge in [0, 0.05) is 0 Å². The molecular formula is C22H42O2. The van der Waals surface area contributed by atoms with Crippen LogP contribution in [0.15, 0.2) is 0 Å². The average molecular weight is 339 g/mol. The molecule has 3 atom stereocenters. The number of hydrogen-bond donors (Lipinski definition) is 0. The van der Waals surface area contributed by atoms with Crippen LogP contribution in [0.2, 0.25) is 0 Å². The normalized spacial score (nSPS) is 21.4. The predicted octanol–water partition coefficient (Wildman–Crippen LogP) is 7.06. The zero-order valence-corrected chi connectivity index (χ0v) is 16.7. The second-order valence-electron chi connectivity index (χ2n) is 7.78. The molecule has 1 fully saturated rings. The number of ether oxygens (including phenoxy) is 1. The van der Waals surface area contributed by atoms with Gasteiger partial charge < -0.3 is 4.74 Å². The van der Waals surface area contributed by atoms with Crippen molar-refractivity contribution in [3.8, 4) is 0 Å². The molecule has 24 heavy (non-hydrogen) atoms. The van der Waals surface area contributed by atoms with Gasteiger partial charge in [-0.1, -0.05) is 97.8 Å². The van der Waals surface area contributed by atoms with E-state index in [0.29, 0.717) is 5.92 Å². The first-order chi connectivity index (χ1) is 11.7. The number of cyclic esters (lactones) is 1. The number of esters is 1. The van der Waals surface area contributed by atoms with Crippen LogP contribution in [0.5, 0.6) is 0 Å². The second-order valence-corrected chi connectivity index (χ2v) is 7.78. The molecule has 1 aliphatic rings. The van der Waals surface area contributed by atoms with Gasteiger partial charge in [-0.15, -0.1) is 0 Å². The summed E-state index contributed by atoms with van der Waals surface area (Å²) in [6.07, 6.45) is 19.9. The maximum absolute atomic E-state index is 11.8. The Morgan fingerprint density at radius 2 is 1.33 bits per heavy atom. The van der Waals surface area contributed by atoms with Gasteiger partial charge in [-0.2, -0.15) is 0 Å². The fourth-order valence-corrected chi connectivity index (χ4v) is 4.13. The molecule has 0 N–H and O–H groups in total. The largest absolute Gasteiger partial charge is 0.461 e. The van der Waals surface area contributed by atoms with E-state index in [-0.39, 0.29) is 18.0 Å². The van der Waals surface area contributed by atoms with Crippen LogP contribution in [-0.2, 0) is 9.53 Å². The Labute approximate surface area is 151 Å². The van der Waals surface area contributed by atoms with Gasteiger partial charge in [0.05, 0.1) is 5.92 Å². The molecule has 1 saturated heterocycles. The molecule has 0 aliphatic carbocycles. The molecule has 0 radical (unpaired) electrons. The summed E-state index contributed by atoms with van der Waals surface area (Å²) >= 11 is 0. The van der Waals surface area contributed by atoms with Gasteiger partial charge in [-0.3, -0.25) is 4.79 Å². The molecule has 142 valence electrons. The van der Waals surface area contributed by atoms with Crippen molar-refractivity contribution < 1.29 is 9.53 Å². The lowest BCUT2D eigenvalue weighted by Crippen LogP contribution is -2.49. The van der Waals surface area contributed by atoms with Gasteiger partial charge in [0.15, 0.2) is 0 Å². The summed E-state index contributed by atoms with van der Waals surface area (Å²) in [5.74, 6) is 0.829. The minimum atomic E-state index is 0.0726. The number of unbranched alkanes of at least 4 members (excludes halogenated alkanes) is 10. The van der Waals surface area contributed by atoms with Crippen LogP contribution in [0.1, 0.15) is 117 Å². The van der Waals surface area contributed by atoms with E-state index < -0.39 is 0 Å². The van der Waals surface area contributed by atoms with E-state index in [1.54, 1.807) is 0 Å². The van der Waals surface area contributed by atoms with Gasteiger partial charge in [-0.05, 0) is 25.2 Å². The molecule has 0 aromatic heterocycles. The average Bonchev–Trinajstić information content (AvgIpc) is 2.58. The zero-order chi connectivity index (χ0) is 17.6. The van der Waals surface area contributed by atoms with Crippen molar-refractivity contribution >= 4 is 5.97 Å². The van der Waals surface area contributed by atoms with Crippen molar-refractivity contribution in [1.82, 2.24) is 0 Å². The molecular weight excluding hydrogens is 296 g/mol. The van der Waals surface area contributed by atoms with Gasteiger partial charge in [-0.25, -0.2) is 0 Å². The minimum absolute atomic E-state index is 0.0726. The number of hydrogen-bond acceptors (Lipinski definition) is 2. The van der Waals surface area contributed by atoms with Crippen LogP contribution in [-0.4, -0.2) is 12.1 Å². The van der Waals surface area contributed by atoms with Crippen molar-refractivity contribution in [2.75, 3.05) is 0 Å². The Hall–Kier alpha value is -0.530. The summed E-state index contributed by atoms with van der Waals surface area (Å²) in [4.78, 5) is 11.8. The summed E-state index contributed by atoms with van der Waals surface area (Å²) in [6, 6.07) is 0. The fraction of sp³-hybridized carbons (Fsp3) is 0.955. The van der Waals surface area contributed by atoms with Crippen LogP contribution in [0.25, 0.3) is 0 Å². The molecule has 0 bridgehead atoms. The fourth-order valence-electron chi connectivity index (χ4n) is 4.13. The second kappa shape index (κ2) is 13.7. The molecule has 2 heteroatoms. The number of carbonyl (C=O) groups excluding carboxylic acids is 1. The quantitative estimate of drug-likeness (QED) is 0.222. The molecule has 0 aromatic carbocycles. The third-order valence-corrected chi connectivity index (χ3v) is 5.72. The highest BCUT2D eigenvalue weighted by Crippen LogP contribution is 2.36. The zero-order valence-electron chi connectivity index (χ0n) is 16.7. The maximum Gasteiger partial charge on any atom is 0.313 e. The Morgan fingerprint density at radius 3 is 1.79 bits per heavy atom. The van der Waals surface area contributed by atoms with E-state index in [2.05, 4.69) is 20.8 Å². The van der Waals surface area contributed by atoms with E-state index in [0.717, 1.165) is 12.8 Å². The van der Waals surface area contributed by atoms with Crippen LogP contribution in [0.4, 0.5) is 0 Å². The van der Waals surface area contributed by atoms with Gasteiger partial charge in [0.25, 0.3) is 0 Å². The maximum atomic E-state index is 11.8. The highest BCUT2D eigenvalue weighted by Gasteiger charge is 2.45. The Morgan fingerprint density at radius 1 is 0.792 bits per heavy atom. The number of rotatable bonds is 16. The monoisotopic (exact) mass is 338 g/mol. The highest BCUT2D eigenvalue weighted by atomic mass is 16.6. The lowest BCUT2D eigenvalue weighted by atomic mass is 9.78. The van der Waals surface area contributed by atoms with Crippen molar-refractivity contribution in [1.29, 1.82) is 0 Å². The highest BCUT2D eigenvalue weighted by molar-refractivity contribution is 5.78. The minimum Gasteiger partial charge on any atom is -0.461 e. The Kier molecular flexibility index (Phi) is 12.3. The predicted molar refractivity (Wildman–Crippen MR) is 103 cm³/mol. The molecule has 1 rings (SSSR count). The first-order valence-corrected chi connectivity index (χ1v) is 10.9. The third kappa shape index (κ3) is 8.03. The number of carbonyl (C=O) groups is 1. The van der Waals surface area contributed by atoms with E-state index in [1.807, 2.05) is 0 Å². The van der Waals surface area contributed by atoms with Crippen molar-refractivity contribution in [3.63, 3.8) is 0 Å². The van der Waals surface area contributed by atoms with Gasteiger partial charge >= 0.3 is 5.97 Å². The van der Waals surface area contributed by atoms with Crippen molar-refractivity contribution in [2.24, 2.45) is 11.8 Å². The van der Waals surface area contributed by atoms with E-state index in [1.165, 1.54) is 83.5 Å². The molecule has 2 nitrogen and oxygen atoms in total.